The fourth-order valence-electron chi connectivity index (χ4n) is 1.73. The summed E-state index contributed by atoms with van der Waals surface area (Å²) in [5.74, 6) is -0.304. The maximum atomic E-state index is 11.6. The zero-order chi connectivity index (χ0) is 11.7. The molecule has 0 aromatic carbocycles. The lowest BCUT2D eigenvalue weighted by Crippen LogP contribution is -2.30. The number of hydrogen-bond donors (Lipinski definition) is 2. The number of aromatic amines is 1. The number of carbonyl (C=O) groups is 1. The third-order valence-electron chi connectivity index (χ3n) is 2.50. The number of halogens is 1. The van der Waals surface area contributed by atoms with Crippen molar-refractivity contribution in [2.24, 2.45) is 5.92 Å². The van der Waals surface area contributed by atoms with E-state index < -0.39 is 11.4 Å². The first-order valence-corrected chi connectivity index (χ1v) is 5.30. The van der Waals surface area contributed by atoms with Gasteiger partial charge in [0.15, 0.2) is 5.69 Å². The van der Waals surface area contributed by atoms with Crippen LogP contribution in [-0.2, 0) is 4.79 Å². The van der Waals surface area contributed by atoms with Crippen LogP contribution in [0.5, 0.6) is 5.88 Å². The molecule has 1 aromatic heterocycles. The molecule has 0 spiro atoms. The van der Waals surface area contributed by atoms with Crippen molar-refractivity contribution in [2.45, 2.75) is 6.42 Å². The molecule has 86 valence electrons. The largest absolute Gasteiger partial charge is 0.492 e. The molecule has 1 aliphatic rings. The van der Waals surface area contributed by atoms with Gasteiger partial charge in [0.25, 0.3) is 5.56 Å². The van der Waals surface area contributed by atoms with Crippen LogP contribution in [0.4, 0.5) is 5.69 Å². The Morgan fingerprint density at radius 1 is 1.62 bits per heavy atom. The first kappa shape index (κ1) is 10.9. The Morgan fingerprint density at radius 2 is 2.38 bits per heavy atom. The van der Waals surface area contributed by atoms with Gasteiger partial charge in [0.1, 0.15) is 0 Å². The van der Waals surface area contributed by atoms with Crippen molar-refractivity contribution >= 4 is 23.2 Å². The summed E-state index contributed by atoms with van der Waals surface area (Å²) in [7, 11) is 0. The number of H-pyrrole nitrogens is 1. The normalized spacial score (nSPS) is 20.4. The standard InChI is InChI=1S/C9H10ClN3O3/c10-2-5-1-6(14)13(3-5)7-8(15)11-4-12-9(7)16/h4-5H,1-3H2,(H2,11,12,15,16). The number of aromatic hydroxyl groups is 1. The van der Waals surface area contributed by atoms with Crippen molar-refractivity contribution in [3.8, 4) is 5.88 Å². The van der Waals surface area contributed by atoms with Crippen LogP contribution in [0, 0.1) is 5.92 Å². The van der Waals surface area contributed by atoms with Gasteiger partial charge in [-0.05, 0) is 5.92 Å². The van der Waals surface area contributed by atoms with Gasteiger partial charge < -0.3 is 15.0 Å². The fraction of sp³-hybridized carbons (Fsp3) is 0.444. The third-order valence-corrected chi connectivity index (χ3v) is 2.94. The summed E-state index contributed by atoms with van der Waals surface area (Å²) in [5.41, 5.74) is -0.629. The van der Waals surface area contributed by atoms with Crippen LogP contribution in [0.3, 0.4) is 0 Å². The van der Waals surface area contributed by atoms with Gasteiger partial charge in [0, 0.05) is 18.8 Å². The summed E-state index contributed by atoms with van der Waals surface area (Å²) >= 11 is 5.66. The maximum absolute atomic E-state index is 11.6. The molecule has 0 radical (unpaired) electrons. The molecule has 1 unspecified atom stereocenters. The number of nitrogens with one attached hydrogen (secondary N) is 1. The molecule has 0 saturated carbocycles. The molecule has 6 nitrogen and oxygen atoms in total. The second-order valence-electron chi connectivity index (χ2n) is 3.63. The quantitative estimate of drug-likeness (QED) is 0.720. The summed E-state index contributed by atoms with van der Waals surface area (Å²) < 4.78 is 0. The average molecular weight is 244 g/mol. The average Bonchev–Trinajstić information content (AvgIpc) is 2.60. The van der Waals surface area contributed by atoms with Crippen LogP contribution >= 0.6 is 11.6 Å². The Balaban J connectivity index is 2.39. The molecule has 1 aliphatic heterocycles. The van der Waals surface area contributed by atoms with Crippen molar-refractivity contribution in [3.63, 3.8) is 0 Å². The van der Waals surface area contributed by atoms with Crippen molar-refractivity contribution in [1.82, 2.24) is 9.97 Å². The van der Waals surface area contributed by atoms with Gasteiger partial charge in [-0.15, -0.1) is 11.6 Å². The molecule has 1 atom stereocenters. The topological polar surface area (TPSA) is 86.3 Å². The molecule has 1 saturated heterocycles. The second kappa shape index (κ2) is 4.13. The predicted octanol–water partition coefficient (Wildman–Crippen LogP) is 0.0672. The van der Waals surface area contributed by atoms with E-state index in [0.717, 1.165) is 6.33 Å². The first-order chi connectivity index (χ1) is 7.63. The Morgan fingerprint density at radius 3 is 2.94 bits per heavy atom. The minimum absolute atomic E-state index is 0.00757. The van der Waals surface area contributed by atoms with Gasteiger partial charge in [-0.3, -0.25) is 9.59 Å². The molecule has 16 heavy (non-hydrogen) atoms. The van der Waals surface area contributed by atoms with Gasteiger partial charge >= 0.3 is 0 Å². The molecule has 2 heterocycles. The highest BCUT2D eigenvalue weighted by molar-refractivity contribution is 6.18. The van der Waals surface area contributed by atoms with Crippen LogP contribution in [0.15, 0.2) is 11.1 Å². The summed E-state index contributed by atoms with van der Waals surface area (Å²) in [6.45, 7) is 0.338. The zero-order valence-electron chi connectivity index (χ0n) is 8.31. The van der Waals surface area contributed by atoms with Crippen molar-refractivity contribution < 1.29 is 9.90 Å². The van der Waals surface area contributed by atoms with Gasteiger partial charge in [-0.1, -0.05) is 0 Å². The highest BCUT2D eigenvalue weighted by Crippen LogP contribution is 2.27. The molecule has 2 rings (SSSR count). The lowest BCUT2D eigenvalue weighted by Gasteiger charge is -2.15. The molecule has 1 aromatic rings. The van der Waals surface area contributed by atoms with E-state index in [4.69, 9.17) is 11.6 Å². The molecule has 1 amide bonds. The number of rotatable bonds is 2. The Bertz CT molecular complexity index is 473. The van der Waals surface area contributed by atoms with E-state index in [1.807, 2.05) is 0 Å². The number of anilines is 1. The fourth-order valence-corrected chi connectivity index (χ4v) is 1.93. The van der Waals surface area contributed by atoms with Crippen LogP contribution in [0.25, 0.3) is 0 Å². The molecule has 0 bridgehead atoms. The molecule has 2 N–H and O–H groups in total. The van der Waals surface area contributed by atoms with Crippen LogP contribution in [0.1, 0.15) is 6.42 Å². The lowest BCUT2D eigenvalue weighted by atomic mass is 10.1. The summed E-state index contributed by atoms with van der Waals surface area (Å²) in [6, 6.07) is 0. The zero-order valence-corrected chi connectivity index (χ0v) is 9.07. The van der Waals surface area contributed by atoms with E-state index in [0.29, 0.717) is 12.4 Å². The molecule has 7 heteroatoms. The SMILES string of the molecule is O=C1CC(CCl)CN1c1c(O)nc[nH]c1=O. The monoisotopic (exact) mass is 243 g/mol. The molecular formula is C9H10ClN3O3. The van der Waals surface area contributed by atoms with Crippen molar-refractivity contribution in [3.05, 3.63) is 16.7 Å². The van der Waals surface area contributed by atoms with Crippen LogP contribution in [0.2, 0.25) is 0 Å². The number of aromatic nitrogens is 2. The summed E-state index contributed by atoms with van der Waals surface area (Å²) in [5, 5.41) is 9.47. The number of carbonyl (C=O) groups excluding carboxylic acids is 1. The first-order valence-electron chi connectivity index (χ1n) is 4.76. The van der Waals surface area contributed by atoms with Gasteiger partial charge in [0.05, 0.1) is 6.33 Å². The second-order valence-corrected chi connectivity index (χ2v) is 3.94. The molecule has 0 aliphatic carbocycles. The highest BCUT2D eigenvalue weighted by atomic mass is 35.5. The Labute approximate surface area is 95.9 Å². The van der Waals surface area contributed by atoms with Crippen LogP contribution < -0.4 is 10.5 Å². The van der Waals surface area contributed by atoms with Crippen molar-refractivity contribution in [2.75, 3.05) is 17.3 Å². The lowest BCUT2D eigenvalue weighted by molar-refractivity contribution is -0.117. The molecular weight excluding hydrogens is 234 g/mol. The smallest absolute Gasteiger partial charge is 0.278 e. The molecule has 1 fully saturated rings. The number of alkyl halides is 1. The minimum atomic E-state index is -0.531. The number of amides is 1. The Hall–Kier alpha value is -1.56. The minimum Gasteiger partial charge on any atom is -0.492 e. The van der Waals surface area contributed by atoms with Crippen LogP contribution in [-0.4, -0.2) is 33.4 Å². The van der Waals surface area contributed by atoms with E-state index in [1.54, 1.807) is 0 Å². The van der Waals surface area contributed by atoms with E-state index in [-0.39, 0.29) is 23.9 Å². The van der Waals surface area contributed by atoms with Gasteiger partial charge in [0.2, 0.25) is 11.8 Å². The number of hydrogen-bond acceptors (Lipinski definition) is 4. The number of nitrogens with zero attached hydrogens (tertiary/aromatic N) is 2. The van der Waals surface area contributed by atoms with Gasteiger partial charge in [-0.2, -0.15) is 0 Å². The van der Waals surface area contributed by atoms with Crippen molar-refractivity contribution in [1.29, 1.82) is 0 Å². The summed E-state index contributed by atoms with van der Waals surface area (Å²) in [6.07, 6.45) is 1.37. The predicted molar refractivity (Wildman–Crippen MR) is 57.7 cm³/mol. The maximum Gasteiger partial charge on any atom is 0.278 e. The van der Waals surface area contributed by atoms with E-state index in [9.17, 15) is 14.7 Å². The van der Waals surface area contributed by atoms with Gasteiger partial charge in [-0.25, -0.2) is 4.98 Å². The summed E-state index contributed by atoms with van der Waals surface area (Å²) in [4.78, 5) is 30.2. The highest BCUT2D eigenvalue weighted by Gasteiger charge is 2.33. The third kappa shape index (κ3) is 1.76. The van der Waals surface area contributed by atoms with E-state index >= 15 is 0 Å². The van der Waals surface area contributed by atoms with E-state index in [1.165, 1.54) is 4.90 Å². The Kier molecular flexibility index (Phi) is 2.82. The van der Waals surface area contributed by atoms with E-state index in [2.05, 4.69) is 9.97 Å².